The SMILES string of the molecule is CC(C)c1ccc2c(c1)CCOCO2. The minimum Gasteiger partial charge on any atom is -0.467 e. The van der Waals surface area contributed by atoms with Crippen molar-refractivity contribution < 1.29 is 9.47 Å². The Morgan fingerprint density at radius 2 is 2.14 bits per heavy atom. The van der Waals surface area contributed by atoms with Crippen molar-refractivity contribution in [3.8, 4) is 5.75 Å². The smallest absolute Gasteiger partial charge is 0.189 e. The van der Waals surface area contributed by atoms with Crippen LogP contribution < -0.4 is 4.74 Å². The van der Waals surface area contributed by atoms with Crippen LogP contribution in [-0.2, 0) is 11.2 Å². The highest BCUT2D eigenvalue weighted by Gasteiger charge is 2.10. The maximum Gasteiger partial charge on any atom is 0.189 e. The van der Waals surface area contributed by atoms with Crippen molar-refractivity contribution in [2.45, 2.75) is 26.2 Å². The molecule has 0 bridgehead atoms. The molecule has 1 aliphatic heterocycles. The molecular weight excluding hydrogens is 176 g/mol. The van der Waals surface area contributed by atoms with Crippen LogP contribution in [-0.4, -0.2) is 13.4 Å². The van der Waals surface area contributed by atoms with Gasteiger partial charge in [0.1, 0.15) is 5.75 Å². The van der Waals surface area contributed by atoms with E-state index in [9.17, 15) is 0 Å². The van der Waals surface area contributed by atoms with Crippen LogP contribution >= 0.6 is 0 Å². The number of benzene rings is 1. The van der Waals surface area contributed by atoms with Crippen molar-refractivity contribution in [3.05, 3.63) is 29.3 Å². The van der Waals surface area contributed by atoms with E-state index in [1.165, 1.54) is 11.1 Å². The summed E-state index contributed by atoms with van der Waals surface area (Å²) in [5, 5.41) is 0. The largest absolute Gasteiger partial charge is 0.467 e. The zero-order valence-electron chi connectivity index (χ0n) is 8.75. The molecule has 1 aromatic rings. The highest BCUT2D eigenvalue weighted by atomic mass is 16.7. The summed E-state index contributed by atoms with van der Waals surface area (Å²) in [5.74, 6) is 1.55. The number of hydrogen-bond donors (Lipinski definition) is 0. The van der Waals surface area contributed by atoms with Gasteiger partial charge in [0.2, 0.25) is 0 Å². The summed E-state index contributed by atoms with van der Waals surface area (Å²) in [6, 6.07) is 6.42. The molecule has 0 saturated carbocycles. The summed E-state index contributed by atoms with van der Waals surface area (Å²) in [6.07, 6.45) is 0.954. The number of hydrogen-bond acceptors (Lipinski definition) is 2. The normalized spacial score (nSPS) is 15.9. The molecule has 14 heavy (non-hydrogen) atoms. The molecule has 0 amide bonds. The molecule has 0 N–H and O–H groups in total. The summed E-state index contributed by atoms with van der Waals surface area (Å²) in [6.45, 7) is 5.55. The zero-order valence-corrected chi connectivity index (χ0v) is 8.75. The fourth-order valence-electron chi connectivity index (χ4n) is 1.64. The number of rotatable bonds is 1. The monoisotopic (exact) mass is 192 g/mol. The topological polar surface area (TPSA) is 18.5 Å². The van der Waals surface area contributed by atoms with Gasteiger partial charge in [-0.1, -0.05) is 26.0 Å². The second-order valence-corrected chi connectivity index (χ2v) is 3.94. The lowest BCUT2D eigenvalue weighted by Crippen LogP contribution is -1.99. The van der Waals surface area contributed by atoms with Gasteiger partial charge in [-0.25, -0.2) is 0 Å². The van der Waals surface area contributed by atoms with Crippen molar-refractivity contribution in [2.75, 3.05) is 13.4 Å². The minimum absolute atomic E-state index is 0.383. The fraction of sp³-hybridized carbons (Fsp3) is 0.500. The van der Waals surface area contributed by atoms with Crippen LogP contribution in [0.3, 0.4) is 0 Å². The Kier molecular flexibility index (Phi) is 2.73. The fourth-order valence-corrected chi connectivity index (χ4v) is 1.64. The van der Waals surface area contributed by atoms with Crippen molar-refractivity contribution in [3.63, 3.8) is 0 Å². The third-order valence-electron chi connectivity index (χ3n) is 2.56. The highest BCUT2D eigenvalue weighted by Crippen LogP contribution is 2.26. The Bertz CT molecular complexity index is 318. The predicted octanol–water partition coefficient (Wildman–Crippen LogP) is 2.72. The van der Waals surface area contributed by atoms with Crippen LogP contribution in [0.2, 0.25) is 0 Å². The summed E-state index contributed by atoms with van der Waals surface area (Å²) in [4.78, 5) is 0. The van der Waals surface area contributed by atoms with E-state index < -0.39 is 0 Å². The van der Waals surface area contributed by atoms with Gasteiger partial charge in [-0.3, -0.25) is 0 Å². The lowest BCUT2D eigenvalue weighted by Gasteiger charge is -2.10. The first-order valence-electron chi connectivity index (χ1n) is 5.11. The number of ether oxygens (including phenoxy) is 2. The summed E-state index contributed by atoms with van der Waals surface area (Å²) in [5.41, 5.74) is 2.64. The van der Waals surface area contributed by atoms with Crippen LogP contribution in [0.5, 0.6) is 5.75 Å². The van der Waals surface area contributed by atoms with Gasteiger partial charge in [0.25, 0.3) is 0 Å². The zero-order chi connectivity index (χ0) is 9.97. The Balaban J connectivity index is 2.32. The quantitative estimate of drug-likeness (QED) is 0.681. The summed E-state index contributed by atoms with van der Waals surface area (Å²) < 4.78 is 10.7. The molecule has 1 heterocycles. The minimum atomic E-state index is 0.383. The Hall–Kier alpha value is -1.02. The van der Waals surface area contributed by atoms with Crippen molar-refractivity contribution in [1.82, 2.24) is 0 Å². The third kappa shape index (κ3) is 1.90. The van der Waals surface area contributed by atoms with Gasteiger partial charge in [0, 0.05) is 0 Å². The van der Waals surface area contributed by atoms with Crippen LogP contribution in [0.4, 0.5) is 0 Å². The number of fused-ring (bicyclic) bond motifs is 1. The summed E-state index contributed by atoms with van der Waals surface area (Å²) in [7, 11) is 0. The molecule has 0 radical (unpaired) electrons. The van der Waals surface area contributed by atoms with Gasteiger partial charge in [-0.2, -0.15) is 0 Å². The molecule has 0 unspecified atom stereocenters. The molecule has 0 aliphatic carbocycles. The maximum absolute atomic E-state index is 5.46. The highest BCUT2D eigenvalue weighted by molar-refractivity contribution is 5.38. The first kappa shape index (κ1) is 9.53. The van der Waals surface area contributed by atoms with Crippen molar-refractivity contribution in [1.29, 1.82) is 0 Å². The van der Waals surface area contributed by atoms with Crippen LogP contribution in [0.15, 0.2) is 18.2 Å². The van der Waals surface area contributed by atoms with Gasteiger partial charge in [-0.15, -0.1) is 0 Å². The van der Waals surface area contributed by atoms with E-state index in [1.54, 1.807) is 0 Å². The van der Waals surface area contributed by atoms with E-state index in [0.717, 1.165) is 18.8 Å². The van der Waals surface area contributed by atoms with Crippen LogP contribution in [0.1, 0.15) is 30.9 Å². The molecule has 0 aromatic heterocycles. The molecular formula is C12H16O2. The lowest BCUT2D eigenvalue weighted by atomic mass is 9.99. The second kappa shape index (κ2) is 4.01. The first-order chi connectivity index (χ1) is 6.77. The van der Waals surface area contributed by atoms with Crippen LogP contribution in [0, 0.1) is 0 Å². The maximum atomic E-state index is 5.46. The van der Waals surface area contributed by atoms with E-state index >= 15 is 0 Å². The average Bonchev–Trinajstić information content (AvgIpc) is 2.41. The standard InChI is InChI=1S/C12H16O2/c1-9(2)10-3-4-12-11(7-10)5-6-13-8-14-12/h3-4,7,9H,5-6,8H2,1-2H3. The van der Waals surface area contributed by atoms with Gasteiger partial charge in [0.05, 0.1) is 6.61 Å². The van der Waals surface area contributed by atoms with E-state index in [4.69, 9.17) is 9.47 Å². The van der Waals surface area contributed by atoms with Crippen LogP contribution in [0.25, 0.3) is 0 Å². The van der Waals surface area contributed by atoms with Gasteiger partial charge < -0.3 is 9.47 Å². The van der Waals surface area contributed by atoms with Gasteiger partial charge in [0.15, 0.2) is 6.79 Å². The van der Waals surface area contributed by atoms with E-state index in [0.29, 0.717) is 12.7 Å². The van der Waals surface area contributed by atoms with E-state index in [2.05, 4.69) is 32.0 Å². The molecule has 1 aromatic carbocycles. The third-order valence-corrected chi connectivity index (χ3v) is 2.56. The molecule has 0 atom stereocenters. The molecule has 1 aliphatic rings. The Morgan fingerprint density at radius 3 is 2.93 bits per heavy atom. The summed E-state index contributed by atoms with van der Waals surface area (Å²) >= 11 is 0. The molecule has 2 heteroatoms. The Labute approximate surface area is 84.8 Å². The van der Waals surface area contributed by atoms with E-state index in [-0.39, 0.29) is 0 Å². The predicted molar refractivity (Wildman–Crippen MR) is 55.7 cm³/mol. The molecule has 0 fully saturated rings. The van der Waals surface area contributed by atoms with Gasteiger partial charge >= 0.3 is 0 Å². The molecule has 2 nitrogen and oxygen atoms in total. The molecule has 0 spiro atoms. The first-order valence-corrected chi connectivity index (χ1v) is 5.11. The average molecular weight is 192 g/mol. The van der Waals surface area contributed by atoms with Crippen molar-refractivity contribution >= 4 is 0 Å². The Morgan fingerprint density at radius 1 is 1.29 bits per heavy atom. The van der Waals surface area contributed by atoms with E-state index in [1.807, 2.05) is 0 Å². The molecule has 0 saturated heterocycles. The second-order valence-electron chi connectivity index (χ2n) is 3.94. The molecule has 76 valence electrons. The lowest BCUT2D eigenvalue weighted by molar-refractivity contribution is 0.0263. The van der Waals surface area contributed by atoms with Crippen molar-refractivity contribution in [2.24, 2.45) is 0 Å². The molecule has 2 rings (SSSR count). The van der Waals surface area contributed by atoms with Gasteiger partial charge in [-0.05, 0) is 29.5 Å².